The molecule has 0 bridgehead atoms. The van der Waals surface area contributed by atoms with Gasteiger partial charge in [-0.15, -0.1) is 23.1 Å². The number of carbonyl (C=O) groups is 3. The number of anilines is 1. The highest BCUT2D eigenvalue weighted by atomic mass is 32.2. The molecular weight excluding hydrogens is 384 g/mol. The number of carbonyl (C=O) groups excluding carboxylic acids is 3. The molecule has 27 heavy (non-hydrogen) atoms. The molecule has 2 aromatic rings. The Bertz CT molecular complexity index is 791. The summed E-state index contributed by atoms with van der Waals surface area (Å²) in [4.78, 5) is 36.3. The van der Waals surface area contributed by atoms with Crippen LogP contribution in [0.15, 0.2) is 35.7 Å². The predicted molar refractivity (Wildman–Crippen MR) is 109 cm³/mol. The van der Waals surface area contributed by atoms with Gasteiger partial charge in [0.25, 0.3) is 5.91 Å². The predicted octanol–water partition coefficient (Wildman–Crippen LogP) is 2.90. The first kappa shape index (κ1) is 21.0. The molecule has 0 aliphatic rings. The Morgan fingerprint density at radius 1 is 1.11 bits per heavy atom. The maximum atomic E-state index is 11.9. The second-order valence-corrected chi connectivity index (χ2v) is 7.89. The number of amides is 2. The summed E-state index contributed by atoms with van der Waals surface area (Å²) in [6, 6.07) is 9.59. The molecular formula is C19H22N2O4S2. The lowest BCUT2D eigenvalue weighted by atomic mass is 10.1. The third-order valence-corrected chi connectivity index (χ3v) is 5.30. The van der Waals surface area contributed by atoms with E-state index in [9.17, 15) is 14.4 Å². The van der Waals surface area contributed by atoms with Crippen LogP contribution in [0.25, 0.3) is 0 Å². The Balaban J connectivity index is 1.59. The van der Waals surface area contributed by atoms with E-state index in [1.165, 1.54) is 0 Å². The van der Waals surface area contributed by atoms with Crippen molar-refractivity contribution in [3.8, 4) is 0 Å². The second kappa shape index (κ2) is 10.7. The first-order valence-corrected chi connectivity index (χ1v) is 10.4. The average Bonchev–Trinajstić information content (AvgIpc) is 3.14. The maximum absolute atomic E-state index is 11.9. The quantitative estimate of drug-likeness (QED) is 0.626. The zero-order valence-corrected chi connectivity index (χ0v) is 16.9. The molecule has 1 aromatic carbocycles. The molecule has 1 aromatic heterocycles. The molecule has 6 nitrogen and oxygen atoms in total. The average molecular weight is 407 g/mol. The summed E-state index contributed by atoms with van der Waals surface area (Å²) in [5.74, 6) is -0.917. The fourth-order valence-corrected chi connectivity index (χ4v) is 3.46. The molecule has 0 aliphatic heterocycles. The number of thioether (sulfide) groups is 1. The Morgan fingerprint density at radius 3 is 2.63 bits per heavy atom. The van der Waals surface area contributed by atoms with Crippen LogP contribution in [0.4, 0.5) is 5.69 Å². The molecule has 0 fully saturated rings. The van der Waals surface area contributed by atoms with Gasteiger partial charge in [-0.25, -0.2) is 0 Å². The summed E-state index contributed by atoms with van der Waals surface area (Å²) in [6.07, 6.45) is 0. The van der Waals surface area contributed by atoms with Crippen molar-refractivity contribution in [2.45, 2.75) is 20.4 Å². The Labute approximate surface area is 166 Å². The number of hydrogen-bond donors (Lipinski definition) is 2. The van der Waals surface area contributed by atoms with Crippen LogP contribution in [0, 0.1) is 13.8 Å². The summed E-state index contributed by atoms with van der Waals surface area (Å²) in [7, 11) is 0. The van der Waals surface area contributed by atoms with Crippen LogP contribution in [0.5, 0.6) is 0 Å². The summed E-state index contributed by atoms with van der Waals surface area (Å²) < 4.78 is 4.91. The molecule has 1 heterocycles. The van der Waals surface area contributed by atoms with Crippen LogP contribution < -0.4 is 10.6 Å². The number of hydrogen-bond acceptors (Lipinski definition) is 6. The lowest BCUT2D eigenvalue weighted by Gasteiger charge is -2.09. The molecule has 2 N–H and O–H groups in total. The van der Waals surface area contributed by atoms with Crippen molar-refractivity contribution < 1.29 is 19.1 Å². The van der Waals surface area contributed by atoms with Crippen molar-refractivity contribution in [1.29, 1.82) is 0 Å². The second-order valence-electron chi connectivity index (χ2n) is 5.88. The highest BCUT2D eigenvalue weighted by molar-refractivity contribution is 8.00. The number of ether oxygens (including phenoxy) is 1. The molecule has 8 heteroatoms. The van der Waals surface area contributed by atoms with Gasteiger partial charge >= 0.3 is 5.97 Å². The third kappa shape index (κ3) is 7.84. The molecule has 0 radical (unpaired) electrons. The molecule has 2 amide bonds. The van der Waals surface area contributed by atoms with Gasteiger partial charge in [0.05, 0.1) is 18.1 Å². The van der Waals surface area contributed by atoms with E-state index in [0.717, 1.165) is 33.5 Å². The van der Waals surface area contributed by atoms with Gasteiger partial charge in [-0.2, -0.15) is 0 Å². The van der Waals surface area contributed by atoms with Gasteiger partial charge in [0.15, 0.2) is 6.61 Å². The van der Waals surface area contributed by atoms with Crippen LogP contribution in [-0.4, -0.2) is 35.9 Å². The van der Waals surface area contributed by atoms with E-state index in [4.69, 9.17) is 4.74 Å². The molecule has 0 unspecified atom stereocenters. The van der Waals surface area contributed by atoms with Crippen molar-refractivity contribution in [2.75, 3.05) is 23.4 Å². The standard InChI is InChI=1S/C19H22N2O4S2/c1-13-5-6-16(14(2)8-13)21-18(23)11-26-12-19(24)25-10-17(22)20-9-15-4-3-7-27-15/h3-8H,9-12H2,1-2H3,(H,20,22)(H,21,23). The minimum atomic E-state index is -0.523. The fourth-order valence-electron chi connectivity index (χ4n) is 2.20. The number of nitrogens with one attached hydrogen (secondary N) is 2. The van der Waals surface area contributed by atoms with Crippen molar-refractivity contribution >= 4 is 46.6 Å². The first-order valence-electron chi connectivity index (χ1n) is 8.33. The maximum Gasteiger partial charge on any atom is 0.316 e. The smallest absolute Gasteiger partial charge is 0.316 e. The van der Waals surface area contributed by atoms with E-state index in [-0.39, 0.29) is 29.9 Å². The summed E-state index contributed by atoms with van der Waals surface area (Å²) in [5.41, 5.74) is 2.87. The Hall–Kier alpha value is -2.32. The van der Waals surface area contributed by atoms with Crippen molar-refractivity contribution in [1.82, 2.24) is 5.32 Å². The lowest BCUT2D eigenvalue weighted by Crippen LogP contribution is -2.28. The number of rotatable bonds is 9. The van der Waals surface area contributed by atoms with Gasteiger partial charge in [0, 0.05) is 10.6 Å². The summed E-state index contributed by atoms with van der Waals surface area (Å²) in [5, 5.41) is 7.42. The lowest BCUT2D eigenvalue weighted by molar-refractivity contribution is -0.145. The van der Waals surface area contributed by atoms with E-state index < -0.39 is 5.97 Å². The van der Waals surface area contributed by atoms with E-state index >= 15 is 0 Å². The van der Waals surface area contributed by atoms with Gasteiger partial charge in [-0.05, 0) is 36.9 Å². The Morgan fingerprint density at radius 2 is 1.93 bits per heavy atom. The highest BCUT2D eigenvalue weighted by Crippen LogP contribution is 2.16. The van der Waals surface area contributed by atoms with Crippen LogP contribution in [0.2, 0.25) is 0 Å². The zero-order chi connectivity index (χ0) is 19.6. The number of esters is 1. The summed E-state index contributed by atoms with van der Waals surface area (Å²) >= 11 is 2.69. The number of thiophene rings is 1. The van der Waals surface area contributed by atoms with Crippen LogP contribution in [0.3, 0.4) is 0 Å². The van der Waals surface area contributed by atoms with Crippen molar-refractivity contribution in [3.05, 3.63) is 51.7 Å². The van der Waals surface area contributed by atoms with Gasteiger partial charge in [0.1, 0.15) is 0 Å². The Kier molecular flexibility index (Phi) is 8.35. The molecule has 0 atom stereocenters. The topological polar surface area (TPSA) is 84.5 Å². The normalized spacial score (nSPS) is 10.3. The highest BCUT2D eigenvalue weighted by Gasteiger charge is 2.10. The number of benzene rings is 1. The van der Waals surface area contributed by atoms with E-state index in [1.807, 2.05) is 49.6 Å². The molecule has 0 saturated heterocycles. The largest absolute Gasteiger partial charge is 0.455 e. The van der Waals surface area contributed by atoms with Crippen molar-refractivity contribution in [3.63, 3.8) is 0 Å². The van der Waals surface area contributed by atoms with Gasteiger partial charge in [0.2, 0.25) is 5.91 Å². The van der Waals surface area contributed by atoms with Crippen LogP contribution >= 0.6 is 23.1 Å². The SMILES string of the molecule is Cc1ccc(NC(=O)CSCC(=O)OCC(=O)NCc2cccs2)c(C)c1. The van der Waals surface area contributed by atoms with Crippen molar-refractivity contribution in [2.24, 2.45) is 0 Å². The molecule has 0 spiro atoms. The van der Waals surface area contributed by atoms with E-state index in [1.54, 1.807) is 11.3 Å². The molecule has 144 valence electrons. The molecule has 0 aliphatic carbocycles. The monoisotopic (exact) mass is 406 g/mol. The zero-order valence-electron chi connectivity index (χ0n) is 15.2. The van der Waals surface area contributed by atoms with Gasteiger partial charge < -0.3 is 15.4 Å². The first-order chi connectivity index (χ1) is 12.9. The van der Waals surface area contributed by atoms with Crippen LogP contribution in [0.1, 0.15) is 16.0 Å². The molecule has 2 rings (SSSR count). The molecule has 0 saturated carbocycles. The fraction of sp³-hybridized carbons (Fsp3) is 0.316. The minimum Gasteiger partial charge on any atom is -0.455 e. The third-order valence-electron chi connectivity index (χ3n) is 3.51. The minimum absolute atomic E-state index is 0.0124. The van der Waals surface area contributed by atoms with Gasteiger partial charge in [-0.3, -0.25) is 14.4 Å². The number of aryl methyl sites for hydroxylation is 2. The van der Waals surface area contributed by atoms with E-state index in [2.05, 4.69) is 10.6 Å². The summed E-state index contributed by atoms with van der Waals surface area (Å²) in [6.45, 7) is 4.01. The van der Waals surface area contributed by atoms with Crippen LogP contribution in [-0.2, 0) is 25.7 Å². The van der Waals surface area contributed by atoms with E-state index in [0.29, 0.717) is 6.54 Å². The van der Waals surface area contributed by atoms with Gasteiger partial charge in [-0.1, -0.05) is 23.8 Å².